The Morgan fingerprint density at radius 2 is 1.94 bits per heavy atom. The first-order valence-electron chi connectivity index (χ1n) is 5.37. The van der Waals surface area contributed by atoms with Gasteiger partial charge < -0.3 is 9.84 Å². The van der Waals surface area contributed by atoms with Crippen molar-refractivity contribution in [2.45, 2.75) is 13.8 Å². The van der Waals surface area contributed by atoms with Gasteiger partial charge in [-0.3, -0.25) is 0 Å². The van der Waals surface area contributed by atoms with Crippen molar-refractivity contribution in [2.75, 3.05) is 7.11 Å². The Balaban J connectivity index is 2.53. The zero-order valence-corrected chi connectivity index (χ0v) is 11.2. The summed E-state index contributed by atoms with van der Waals surface area (Å²) in [5, 5.41) is 10.8. The quantitative estimate of drug-likeness (QED) is 0.924. The number of thiazole rings is 1. The molecule has 1 aromatic heterocycles. The molecule has 0 aliphatic carbocycles. The number of carboxylic acid groups (broad SMARTS) is 1. The largest absolute Gasteiger partial charge is 0.497 e. The van der Waals surface area contributed by atoms with Crippen molar-refractivity contribution in [3.05, 3.63) is 33.6 Å². The third-order valence-electron chi connectivity index (χ3n) is 2.69. The van der Waals surface area contributed by atoms with Gasteiger partial charge in [0.05, 0.1) is 12.8 Å². The Bertz CT molecular complexity index is 581. The molecule has 1 aromatic carbocycles. The molecule has 0 atom stereocenters. The fourth-order valence-corrected chi connectivity index (χ4v) is 2.58. The third kappa shape index (κ3) is 2.22. The average Bonchev–Trinajstić information content (AvgIpc) is 2.77. The van der Waals surface area contributed by atoms with Gasteiger partial charge in [-0.05, 0) is 37.1 Å². The normalized spacial score (nSPS) is 10.4. The molecule has 0 saturated carbocycles. The highest BCUT2D eigenvalue weighted by Crippen LogP contribution is 2.31. The summed E-state index contributed by atoms with van der Waals surface area (Å²) in [7, 11) is 1.62. The number of benzene rings is 1. The molecule has 0 aliphatic rings. The maximum atomic E-state index is 10.8. The highest BCUT2D eigenvalue weighted by atomic mass is 32.1. The number of nitrogens with zero attached hydrogens (tertiary/aromatic N) is 1. The number of aromatic nitrogens is 1. The molecule has 4 nitrogen and oxygen atoms in total. The van der Waals surface area contributed by atoms with Crippen molar-refractivity contribution < 1.29 is 14.6 Å². The Hall–Kier alpha value is -1.88. The topological polar surface area (TPSA) is 59.4 Å². The number of carboxylic acids is 1. The molecule has 0 spiro atoms. The predicted molar refractivity (Wildman–Crippen MR) is 70.5 cm³/mol. The van der Waals surface area contributed by atoms with E-state index in [1.54, 1.807) is 12.5 Å². The molecule has 0 bridgehead atoms. The minimum atomic E-state index is -0.991. The van der Waals surface area contributed by atoms with Crippen LogP contribution in [0.1, 0.15) is 20.9 Å². The van der Waals surface area contributed by atoms with Crippen molar-refractivity contribution in [1.29, 1.82) is 0 Å². The first-order chi connectivity index (χ1) is 8.52. The number of ether oxygens (including phenoxy) is 1. The third-order valence-corrected chi connectivity index (χ3v) is 3.52. The molecule has 0 amide bonds. The van der Waals surface area contributed by atoms with Crippen molar-refractivity contribution in [3.8, 4) is 17.0 Å². The van der Waals surface area contributed by atoms with E-state index in [0.717, 1.165) is 33.8 Å². The van der Waals surface area contributed by atoms with Crippen LogP contribution in [0.15, 0.2) is 17.5 Å². The summed E-state index contributed by atoms with van der Waals surface area (Å²) in [5.41, 5.74) is 3.72. The molecule has 0 fully saturated rings. The molecular weight excluding hydrogens is 250 g/mol. The summed E-state index contributed by atoms with van der Waals surface area (Å²) in [6, 6.07) is 3.84. The maximum absolute atomic E-state index is 10.8. The second-order valence-corrected chi connectivity index (χ2v) is 4.84. The van der Waals surface area contributed by atoms with Gasteiger partial charge in [0.25, 0.3) is 0 Å². The van der Waals surface area contributed by atoms with Gasteiger partial charge >= 0.3 is 5.97 Å². The molecule has 18 heavy (non-hydrogen) atoms. The monoisotopic (exact) mass is 263 g/mol. The molecule has 5 heteroatoms. The number of rotatable bonds is 3. The summed E-state index contributed by atoms with van der Waals surface area (Å²) < 4.78 is 5.20. The van der Waals surface area contributed by atoms with Gasteiger partial charge in [-0.2, -0.15) is 0 Å². The molecule has 94 valence electrons. The van der Waals surface area contributed by atoms with E-state index in [9.17, 15) is 4.79 Å². The molecule has 1 N–H and O–H groups in total. The van der Waals surface area contributed by atoms with Crippen LogP contribution in [0.4, 0.5) is 0 Å². The lowest BCUT2D eigenvalue weighted by molar-refractivity contribution is 0.0696. The standard InChI is InChI=1S/C13H13NO3S/c1-7-4-9(17-3)5-8(2)11(7)10-6-18-12(14-10)13(15)16/h4-6H,1-3H3,(H,15,16). The number of aryl methyl sites for hydroxylation is 2. The smallest absolute Gasteiger partial charge is 0.365 e. The van der Waals surface area contributed by atoms with Gasteiger partial charge in [0.15, 0.2) is 0 Å². The van der Waals surface area contributed by atoms with Crippen LogP contribution >= 0.6 is 11.3 Å². The van der Waals surface area contributed by atoms with E-state index in [0.29, 0.717) is 5.69 Å². The maximum Gasteiger partial charge on any atom is 0.365 e. The number of methoxy groups -OCH3 is 1. The molecule has 1 heterocycles. The first-order valence-corrected chi connectivity index (χ1v) is 6.25. The summed E-state index contributed by atoms with van der Waals surface area (Å²) >= 11 is 1.14. The zero-order chi connectivity index (χ0) is 13.3. The number of hydrogen-bond donors (Lipinski definition) is 1. The van der Waals surface area contributed by atoms with Gasteiger partial charge in [0, 0.05) is 10.9 Å². The summed E-state index contributed by atoms with van der Waals surface area (Å²) in [5.74, 6) is -0.197. The second kappa shape index (κ2) is 4.78. The Morgan fingerprint density at radius 1 is 1.33 bits per heavy atom. The van der Waals surface area contributed by atoms with E-state index < -0.39 is 5.97 Å². The van der Waals surface area contributed by atoms with Crippen LogP contribution in [-0.4, -0.2) is 23.2 Å². The van der Waals surface area contributed by atoms with Gasteiger partial charge in [0.1, 0.15) is 5.75 Å². The SMILES string of the molecule is COc1cc(C)c(-c2csc(C(=O)O)n2)c(C)c1. The van der Waals surface area contributed by atoms with Crippen LogP contribution in [-0.2, 0) is 0 Å². The van der Waals surface area contributed by atoms with Gasteiger partial charge in [-0.15, -0.1) is 11.3 Å². The van der Waals surface area contributed by atoms with E-state index in [4.69, 9.17) is 9.84 Å². The van der Waals surface area contributed by atoms with E-state index in [1.165, 1.54) is 0 Å². The summed E-state index contributed by atoms with van der Waals surface area (Å²) in [4.78, 5) is 15.0. The van der Waals surface area contributed by atoms with Crippen LogP contribution in [0, 0.1) is 13.8 Å². The number of aromatic carboxylic acids is 1. The Morgan fingerprint density at radius 3 is 2.39 bits per heavy atom. The fraction of sp³-hybridized carbons (Fsp3) is 0.231. The summed E-state index contributed by atoms with van der Waals surface area (Å²) in [6.45, 7) is 3.93. The summed E-state index contributed by atoms with van der Waals surface area (Å²) in [6.07, 6.45) is 0. The van der Waals surface area contributed by atoms with Crippen LogP contribution in [0.3, 0.4) is 0 Å². The highest BCUT2D eigenvalue weighted by molar-refractivity contribution is 7.11. The molecule has 0 saturated heterocycles. The molecule has 2 rings (SSSR count). The number of hydrogen-bond acceptors (Lipinski definition) is 4. The highest BCUT2D eigenvalue weighted by Gasteiger charge is 2.14. The van der Waals surface area contributed by atoms with E-state index in [2.05, 4.69) is 4.98 Å². The Labute approximate surface area is 109 Å². The lowest BCUT2D eigenvalue weighted by Gasteiger charge is -2.10. The second-order valence-electron chi connectivity index (χ2n) is 3.98. The van der Waals surface area contributed by atoms with Crippen LogP contribution in [0.5, 0.6) is 5.75 Å². The molecule has 0 unspecified atom stereocenters. The van der Waals surface area contributed by atoms with E-state index >= 15 is 0 Å². The minimum Gasteiger partial charge on any atom is -0.497 e. The van der Waals surface area contributed by atoms with Crippen LogP contribution < -0.4 is 4.74 Å². The van der Waals surface area contributed by atoms with E-state index in [-0.39, 0.29) is 5.01 Å². The predicted octanol–water partition coefficient (Wildman–Crippen LogP) is 3.13. The lowest BCUT2D eigenvalue weighted by atomic mass is 10.0. The van der Waals surface area contributed by atoms with Gasteiger partial charge in [-0.1, -0.05) is 0 Å². The van der Waals surface area contributed by atoms with Gasteiger partial charge in [0.2, 0.25) is 5.01 Å². The lowest BCUT2D eigenvalue weighted by Crippen LogP contribution is -1.96. The van der Waals surface area contributed by atoms with Crippen molar-refractivity contribution in [2.24, 2.45) is 0 Å². The minimum absolute atomic E-state index is 0.111. The molecule has 0 radical (unpaired) electrons. The van der Waals surface area contributed by atoms with Crippen molar-refractivity contribution in [3.63, 3.8) is 0 Å². The van der Waals surface area contributed by atoms with Crippen molar-refractivity contribution in [1.82, 2.24) is 4.98 Å². The zero-order valence-electron chi connectivity index (χ0n) is 10.4. The molecule has 0 aliphatic heterocycles. The molecular formula is C13H13NO3S. The van der Waals surface area contributed by atoms with Crippen LogP contribution in [0.2, 0.25) is 0 Å². The number of carbonyl (C=O) groups is 1. The van der Waals surface area contributed by atoms with Gasteiger partial charge in [-0.25, -0.2) is 9.78 Å². The van der Waals surface area contributed by atoms with Crippen LogP contribution in [0.25, 0.3) is 11.3 Å². The molecule has 2 aromatic rings. The Kier molecular flexibility index (Phi) is 3.34. The fourth-order valence-electron chi connectivity index (χ4n) is 1.93. The average molecular weight is 263 g/mol. The van der Waals surface area contributed by atoms with E-state index in [1.807, 2.05) is 26.0 Å². The van der Waals surface area contributed by atoms with Crippen molar-refractivity contribution >= 4 is 17.3 Å². The first kappa shape index (κ1) is 12.6.